The highest BCUT2D eigenvalue weighted by Gasteiger charge is 2.24. The number of aromatic hydroxyl groups is 1. The largest absolute Gasteiger partial charge is 0.504 e. The Bertz CT molecular complexity index is 758. The summed E-state index contributed by atoms with van der Waals surface area (Å²) in [5, 5.41) is 10.7. The normalized spacial score (nSPS) is 10.5. The van der Waals surface area contributed by atoms with Gasteiger partial charge in [-0.2, -0.15) is 0 Å². The second-order valence-electron chi connectivity index (χ2n) is 5.35. The highest BCUT2D eigenvalue weighted by atomic mass is 79.9. The van der Waals surface area contributed by atoms with E-state index in [0.29, 0.717) is 28.3 Å². The fourth-order valence-electron chi connectivity index (χ4n) is 2.91. The van der Waals surface area contributed by atoms with E-state index in [4.69, 9.17) is 18.9 Å². The number of methoxy groups -OCH3 is 4. The summed E-state index contributed by atoms with van der Waals surface area (Å²) in [5.74, 6) is 2.23. The van der Waals surface area contributed by atoms with Crippen molar-refractivity contribution < 1.29 is 24.1 Å². The van der Waals surface area contributed by atoms with Crippen molar-refractivity contribution >= 4 is 15.9 Å². The van der Waals surface area contributed by atoms with E-state index in [9.17, 15) is 5.11 Å². The molecule has 0 atom stereocenters. The zero-order valence-electron chi connectivity index (χ0n) is 15.1. The highest BCUT2D eigenvalue weighted by Crippen LogP contribution is 2.49. The Kier molecular flexibility index (Phi) is 6.42. The molecule has 2 aromatic rings. The minimum atomic E-state index is 0.114. The Balaban J connectivity index is 2.90. The van der Waals surface area contributed by atoms with E-state index in [-0.39, 0.29) is 5.75 Å². The van der Waals surface area contributed by atoms with Crippen molar-refractivity contribution in [1.29, 1.82) is 0 Å². The van der Waals surface area contributed by atoms with Crippen LogP contribution >= 0.6 is 15.9 Å². The number of benzene rings is 2. The molecule has 0 bridgehead atoms. The minimum Gasteiger partial charge on any atom is -0.504 e. The maximum Gasteiger partial charge on any atom is 0.203 e. The number of aryl methyl sites for hydroxylation is 1. The molecular weight excluding hydrogens is 388 g/mol. The molecule has 0 saturated carbocycles. The summed E-state index contributed by atoms with van der Waals surface area (Å²) in [5.41, 5.74) is 3.76. The van der Waals surface area contributed by atoms with Crippen LogP contribution in [0.2, 0.25) is 0 Å². The Morgan fingerprint density at radius 1 is 0.840 bits per heavy atom. The van der Waals surface area contributed by atoms with E-state index in [1.54, 1.807) is 27.4 Å². The third kappa shape index (κ3) is 3.49. The average Bonchev–Trinajstić information content (AvgIpc) is 2.65. The first-order chi connectivity index (χ1) is 12.1. The number of phenols is 1. The van der Waals surface area contributed by atoms with Gasteiger partial charge < -0.3 is 24.1 Å². The van der Waals surface area contributed by atoms with Crippen LogP contribution in [0.3, 0.4) is 0 Å². The van der Waals surface area contributed by atoms with Gasteiger partial charge in [0.15, 0.2) is 23.0 Å². The molecule has 136 valence electrons. The first kappa shape index (κ1) is 19.2. The van der Waals surface area contributed by atoms with E-state index in [1.165, 1.54) is 7.11 Å². The van der Waals surface area contributed by atoms with Gasteiger partial charge in [0.1, 0.15) is 0 Å². The van der Waals surface area contributed by atoms with Gasteiger partial charge in [-0.25, -0.2) is 0 Å². The van der Waals surface area contributed by atoms with Gasteiger partial charge in [0, 0.05) is 10.9 Å². The van der Waals surface area contributed by atoms with Gasteiger partial charge in [-0.3, -0.25) is 0 Å². The van der Waals surface area contributed by atoms with Crippen LogP contribution in [0.1, 0.15) is 18.1 Å². The van der Waals surface area contributed by atoms with E-state index >= 15 is 0 Å². The monoisotopic (exact) mass is 410 g/mol. The summed E-state index contributed by atoms with van der Waals surface area (Å²) in [6.45, 7) is 2.03. The molecule has 0 radical (unpaired) electrons. The molecule has 5 nitrogen and oxygen atoms in total. The zero-order valence-corrected chi connectivity index (χ0v) is 16.7. The molecule has 0 unspecified atom stereocenters. The van der Waals surface area contributed by atoms with Crippen molar-refractivity contribution in [2.45, 2.75) is 18.7 Å². The molecule has 25 heavy (non-hydrogen) atoms. The van der Waals surface area contributed by atoms with Crippen LogP contribution in [0, 0.1) is 0 Å². The molecule has 0 saturated heterocycles. The van der Waals surface area contributed by atoms with Crippen LogP contribution in [0.15, 0.2) is 18.2 Å². The van der Waals surface area contributed by atoms with Crippen LogP contribution in [0.5, 0.6) is 28.7 Å². The lowest BCUT2D eigenvalue weighted by molar-refractivity contribution is 0.325. The van der Waals surface area contributed by atoms with Crippen LogP contribution < -0.4 is 18.9 Å². The van der Waals surface area contributed by atoms with Gasteiger partial charge >= 0.3 is 0 Å². The maximum absolute atomic E-state index is 10.1. The van der Waals surface area contributed by atoms with Crippen molar-refractivity contribution in [3.63, 3.8) is 0 Å². The topological polar surface area (TPSA) is 57.2 Å². The van der Waals surface area contributed by atoms with Gasteiger partial charge in [-0.1, -0.05) is 22.9 Å². The fraction of sp³-hybridized carbons (Fsp3) is 0.368. The molecule has 0 aliphatic carbocycles. The van der Waals surface area contributed by atoms with Crippen LogP contribution in [-0.4, -0.2) is 33.5 Å². The van der Waals surface area contributed by atoms with E-state index in [0.717, 1.165) is 28.7 Å². The SMILES string of the molecule is CCc1cc(O)c(OC)cc1-c1c(CBr)cc(OC)c(OC)c1OC. The molecule has 0 aromatic heterocycles. The first-order valence-corrected chi connectivity index (χ1v) is 8.96. The lowest BCUT2D eigenvalue weighted by Crippen LogP contribution is -2.02. The van der Waals surface area contributed by atoms with Crippen LogP contribution in [-0.2, 0) is 11.8 Å². The van der Waals surface area contributed by atoms with Crippen LogP contribution in [0.4, 0.5) is 0 Å². The molecule has 6 heteroatoms. The molecule has 2 aromatic carbocycles. The quantitative estimate of drug-likeness (QED) is 0.678. The van der Waals surface area contributed by atoms with Gasteiger partial charge in [0.05, 0.1) is 28.4 Å². The number of hydrogen-bond donors (Lipinski definition) is 1. The maximum atomic E-state index is 10.1. The number of ether oxygens (including phenoxy) is 4. The predicted octanol–water partition coefficient (Wildman–Crippen LogP) is 4.55. The summed E-state index contributed by atoms with van der Waals surface area (Å²) in [7, 11) is 6.30. The smallest absolute Gasteiger partial charge is 0.203 e. The Labute approximate surface area is 156 Å². The number of halogens is 1. The summed E-state index contributed by atoms with van der Waals surface area (Å²) in [6, 6.07) is 5.47. The van der Waals surface area contributed by atoms with Crippen molar-refractivity contribution in [1.82, 2.24) is 0 Å². The number of hydrogen-bond acceptors (Lipinski definition) is 5. The Morgan fingerprint density at radius 3 is 1.96 bits per heavy atom. The van der Waals surface area contributed by atoms with Gasteiger partial charge in [-0.15, -0.1) is 0 Å². The Morgan fingerprint density at radius 2 is 1.48 bits per heavy atom. The highest BCUT2D eigenvalue weighted by molar-refractivity contribution is 9.08. The van der Waals surface area contributed by atoms with Gasteiger partial charge in [-0.05, 0) is 41.3 Å². The van der Waals surface area contributed by atoms with Crippen LogP contribution in [0.25, 0.3) is 11.1 Å². The summed E-state index contributed by atoms with van der Waals surface area (Å²) >= 11 is 3.54. The number of phenolic OH excluding ortho intramolecular Hbond substituents is 1. The molecule has 0 amide bonds. The van der Waals surface area contributed by atoms with Crippen molar-refractivity contribution in [2.75, 3.05) is 28.4 Å². The third-order valence-electron chi connectivity index (χ3n) is 4.11. The van der Waals surface area contributed by atoms with E-state index < -0.39 is 0 Å². The minimum absolute atomic E-state index is 0.114. The van der Waals surface area contributed by atoms with Crippen molar-refractivity contribution in [3.8, 4) is 39.9 Å². The van der Waals surface area contributed by atoms with Gasteiger partial charge in [0.25, 0.3) is 0 Å². The molecule has 0 heterocycles. The molecule has 1 N–H and O–H groups in total. The standard InChI is InChI=1S/C19H23BrO5/c1-6-11-7-14(21)15(22-2)9-13(11)17-12(10-20)8-16(23-3)18(24-4)19(17)25-5/h7-9,21H,6,10H2,1-5H3. The second-order valence-corrected chi connectivity index (χ2v) is 5.91. The Hall–Kier alpha value is -2.08. The van der Waals surface area contributed by atoms with E-state index in [2.05, 4.69) is 15.9 Å². The molecule has 0 fully saturated rings. The zero-order chi connectivity index (χ0) is 18.6. The summed E-state index contributed by atoms with van der Waals surface area (Å²) in [4.78, 5) is 0. The lowest BCUT2D eigenvalue weighted by atomic mass is 9.92. The predicted molar refractivity (Wildman–Crippen MR) is 102 cm³/mol. The molecular formula is C19H23BrO5. The molecule has 0 spiro atoms. The molecule has 0 aliphatic rings. The average molecular weight is 411 g/mol. The fourth-order valence-corrected chi connectivity index (χ4v) is 3.35. The first-order valence-electron chi connectivity index (χ1n) is 7.84. The van der Waals surface area contributed by atoms with E-state index in [1.807, 2.05) is 19.1 Å². The second kappa shape index (κ2) is 8.34. The number of rotatable bonds is 7. The lowest BCUT2D eigenvalue weighted by Gasteiger charge is -2.21. The molecule has 2 rings (SSSR count). The molecule has 0 aliphatic heterocycles. The van der Waals surface area contributed by atoms with Crippen molar-refractivity contribution in [2.24, 2.45) is 0 Å². The summed E-state index contributed by atoms with van der Waals surface area (Å²) in [6.07, 6.45) is 0.742. The summed E-state index contributed by atoms with van der Waals surface area (Å²) < 4.78 is 21.9. The van der Waals surface area contributed by atoms with Gasteiger partial charge in [0.2, 0.25) is 5.75 Å². The van der Waals surface area contributed by atoms with Crippen molar-refractivity contribution in [3.05, 3.63) is 29.3 Å². The number of alkyl halides is 1. The third-order valence-corrected chi connectivity index (χ3v) is 4.71.